The molecule has 0 saturated carbocycles. The normalized spacial score (nSPS) is 21.0. The summed E-state index contributed by atoms with van der Waals surface area (Å²) < 4.78 is 37.3. The summed E-state index contributed by atoms with van der Waals surface area (Å²) in [4.78, 5) is 47.4. The topological polar surface area (TPSA) is 136 Å². The lowest BCUT2D eigenvalue weighted by Gasteiger charge is -2.21. The fraction of sp³-hybridized carbons (Fsp3) is 0.429. The van der Waals surface area contributed by atoms with Crippen molar-refractivity contribution >= 4 is 42.5 Å². The molecule has 12 nitrogen and oxygen atoms in total. The van der Waals surface area contributed by atoms with E-state index in [2.05, 4.69) is 23.5 Å². The van der Waals surface area contributed by atoms with Crippen molar-refractivity contribution in [3.8, 4) is 23.0 Å². The second-order valence-corrected chi connectivity index (χ2v) is 16.1. The van der Waals surface area contributed by atoms with Crippen LogP contribution in [0.2, 0.25) is 0 Å². The number of hydrogen-bond acceptors (Lipinski definition) is 9. The lowest BCUT2D eigenvalue weighted by molar-refractivity contribution is -0.119. The van der Waals surface area contributed by atoms with Gasteiger partial charge in [-0.2, -0.15) is 0 Å². The minimum absolute atomic E-state index is 0.125. The average Bonchev–Trinajstić information content (AvgIpc) is 3.59. The number of aliphatic imine (C=N–C) groups is 1. The van der Waals surface area contributed by atoms with Gasteiger partial charge in [0.25, 0.3) is 11.8 Å². The maximum absolute atomic E-state index is 14.0. The minimum Gasteiger partial charge on any atom is -0.493 e. The van der Waals surface area contributed by atoms with Gasteiger partial charge in [-0.25, -0.2) is 0 Å². The molecule has 6 rings (SSSR count). The number of methoxy groups -OCH3 is 2. The molecule has 13 heteroatoms. The number of hydrogen-bond donors (Lipinski definition) is 1. The summed E-state index contributed by atoms with van der Waals surface area (Å²) in [6.07, 6.45) is 4.71. The van der Waals surface area contributed by atoms with Crippen LogP contribution in [0.3, 0.4) is 0 Å². The van der Waals surface area contributed by atoms with E-state index in [-0.39, 0.29) is 43.1 Å². The van der Waals surface area contributed by atoms with Crippen LogP contribution in [0, 0.1) is 0 Å². The van der Waals surface area contributed by atoms with Gasteiger partial charge in [0.15, 0.2) is 23.0 Å². The number of anilines is 1. The highest BCUT2D eigenvalue weighted by atomic mass is 31.2. The quantitative estimate of drug-likeness (QED) is 0.241. The molecular weight excluding hydrogens is 635 g/mol. The van der Waals surface area contributed by atoms with E-state index >= 15 is 0 Å². The summed E-state index contributed by atoms with van der Waals surface area (Å²) in [6, 6.07) is 5.78. The first-order valence-electron chi connectivity index (χ1n) is 16.1. The summed E-state index contributed by atoms with van der Waals surface area (Å²) in [6.45, 7) is 11.1. The molecular formula is C35H41N4O8P. The third-order valence-corrected chi connectivity index (χ3v) is 12.5. The first-order chi connectivity index (χ1) is 23.0. The van der Waals surface area contributed by atoms with Gasteiger partial charge in [-0.05, 0) is 31.4 Å². The Morgan fingerprint density at radius 2 is 1.44 bits per heavy atom. The monoisotopic (exact) mass is 676 g/mol. The van der Waals surface area contributed by atoms with Crippen LogP contribution in [0.15, 0.2) is 53.6 Å². The second kappa shape index (κ2) is 13.5. The number of nitrogens with zero attached hydrogens (tertiary/aromatic N) is 3. The molecule has 1 N–H and O–H groups in total. The van der Waals surface area contributed by atoms with Crippen molar-refractivity contribution in [2.45, 2.75) is 38.3 Å². The van der Waals surface area contributed by atoms with Crippen LogP contribution in [0.25, 0.3) is 0 Å². The Kier molecular flexibility index (Phi) is 9.38. The number of rotatable bonds is 12. The van der Waals surface area contributed by atoms with Gasteiger partial charge in [0.05, 0.1) is 63.1 Å². The molecule has 2 aromatic rings. The maximum Gasteiger partial charge on any atom is 0.257 e. The highest BCUT2D eigenvalue weighted by Gasteiger charge is 2.40. The number of amides is 3. The van der Waals surface area contributed by atoms with Gasteiger partial charge in [-0.15, -0.1) is 0 Å². The predicted octanol–water partition coefficient (Wildman–Crippen LogP) is 5.14. The van der Waals surface area contributed by atoms with Gasteiger partial charge < -0.3 is 38.6 Å². The number of fused-ring (bicyclic) bond motifs is 4. The van der Waals surface area contributed by atoms with Crippen LogP contribution in [0.1, 0.15) is 46.9 Å². The Morgan fingerprint density at radius 3 is 2.10 bits per heavy atom. The minimum atomic E-state index is -2.74. The van der Waals surface area contributed by atoms with E-state index < -0.39 is 13.2 Å². The second-order valence-electron chi connectivity index (χ2n) is 12.6. The molecule has 48 heavy (non-hydrogen) atoms. The zero-order chi connectivity index (χ0) is 34.2. The van der Waals surface area contributed by atoms with E-state index in [0.717, 1.165) is 17.6 Å². The Hall–Kier alpha value is -4.57. The van der Waals surface area contributed by atoms with Crippen LogP contribution < -0.4 is 24.3 Å². The molecule has 4 heterocycles. The van der Waals surface area contributed by atoms with Crippen molar-refractivity contribution in [2.24, 2.45) is 4.99 Å². The fourth-order valence-electron chi connectivity index (χ4n) is 6.72. The van der Waals surface area contributed by atoms with Crippen molar-refractivity contribution in [1.82, 2.24) is 9.80 Å². The average molecular weight is 677 g/mol. The Bertz CT molecular complexity index is 1770. The fourth-order valence-corrected chi connectivity index (χ4v) is 9.06. The van der Waals surface area contributed by atoms with Crippen molar-refractivity contribution < 1.29 is 37.9 Å². The molecule has 0 radical (unpaired) electrons. The smallest absolute Gasteiger partial charge is 0.257 e. The zero-order valence-electron chi connectivity index (χ0n) is 27.6. The molecule has 3 amide bonds. The van der Waals surface area contributed by atoms with Gasteiger partial charge in [0.1, 0.15) is 6.04 Å². The van der Waals surface area contributed by atoms with Crippen molar-refractivity contribution in [3.05, 3.63) is 59.7 Å². The van der Waals surface area contributed by atoms with Gasteiger partial charge in [0, 0.05) is 49.9 Å². The van der Waals surface area contributed by atoms with E-state index in [9.17, 15) is 18.9 Å². The van der Waals surface area contributed by atoms with Crippen LogP contribution >= 0.6 is 7.14 Å². The van der Waals surface area contributed by atoms with Gasteiger partial charge >= 0.3 is 0 Å². The third kappa shape index (κ3) is 6.45. The molecule has 2 fully saturated rings. The van der Waals surface area contributed by atoms with E-state index in [4.69, 9.17) is 18.9 Å². The number of benzene rings is 2. The van der Waals surface area contributed by atoms with Crippen LogP contribution in [0.5, 0.6) is 23.0 Å². The Morgan fingerprint density at radius 1 is 0.833 bits per heavy atom. The van der Waals surface area contributed by atoms with E-state index in [1.807, 2.05) is 6.92 Å². The molecule has 2 saturated heterocycles. The summed E-state index contributed by atoms with van der Waals surface area (Å²) in [5, 5.41) is 2.86. The van der Waals surface area contributed by atoms with E-state index in [1.54, 1.807) is 35.4 Å². The van der Waals surface area contributed by atoms with Gasteiger partial charge in [0.2, 0.25) is 5.91 Å². The summed E-state index contributed by atoms with van der Waals surface area (Å²) in [5.41, 5.74) is 3.41. The highest BCUT2D eigenvalue weighted by Crippen LogP contribution is 2.47. The lowest BCUT2D eigenvalue weighted by Crippen LogP contribution is -2.40. The summed E-state index contributed by atoms with van der Waals surface area (Å²) in [5.74, 6) is 0.806. The maximum atomic E-state index is 14.0. The molecule has 0 aromatic heterocycles. The summed E-state index contributed by atoms with van der Waals surface area (Å²) in [7, 11) is 0.253. The third-order valence-electron chi connectivity index (χ3n) is 9.20. The molecule has 4 aliphatic heterocycles. The largest absolute Gasteiger partial charge is 0.493 e. The first kappa shape index (κ1) is 33.3. The molecule has 4 aliphatic rings. The standard InChI is InChI=1S/C35H41N4O8P/c1-6-9-48(43,10-7-46-31-16-26-24(14-29(31)44-4)34(41)38-19-21(2)12-23(38)18-36-26)11-8-47-32-17-27-25(15-30(32)45-5)35(42)39-20-22(3)13-28(39)33(40)37-27/h14-18,23,28H,2-3,6-13,19-20H2,1,4-5H3,(H,37,40)/t23-,28-,48?/m0/s1. The van der Waals surface area contributed by atoms with Crippen molar-refractivity contribution in [1.29, 1.82) is 0 Å². The first-order valence-corrected chi connectivity index (χ1v) is 18.4. The highest BCUT2D eigenvalue weighted by molar-refractivity contribution is 7.63. The lowest BCUT2D eigenvalue weighted by atomic mass is 10.1. The van der Waals surface area contributed by atoms with Crippen LogP contribution in [0.4, 0.5) is 11.4 Å². The number of nitrogens with one attached hydrogen (secondary N) is 1. The molecule has 3 atom stereocenters. The predicted molar refractivity (Wildman–Crippen MR) is 183 cm³/mol. The zero-order valence-corrected chi connectivity index (χ0v) is 28.5. The van der Waals surface area contributed by atoms with Gasteiger partial charge in [-0.1, -0.05) is 31.2 Å². The molecule has 2 aromatic carbocycles. The van der Waals surface area contributed by atoms with E-state index in [0.29, 0.717) is 83.8 Å². The molecule has 0 bridgehead atoms. The number of carbonyl (C=O) groups excluding carboxylic acids is 3. The number of carbonyl (C=O) groups is 3. The van der Waals surface area contributed by atoms with Crippen molar-refractivity contribution in [3.63, 3.8) is 0 Å². The Labute approximate surface area is 280 Å². The van der Waals surface area contributed by atoms with Crippen LogP contribution in [-0.4, -0.2) is 105 Å². The summed E-state index contributed by atoms with van der Waals surface area (Å²) >= 11 is 0. The molecule has 0 spiro atoms. The van der Waals surface area contributed by atoms with E-state index in [1.165, 1.54) is 19.1 Å². The molecule has 1 unspecified atom stereocenters. The van der Waals surface area contributed by atoms with Crippen LogP contribution in [-0.2, 0) is 9.36 Å². The molecule has 254 valence electrons. The molecule has 0 aliphatic carbocycles. The van der Waals surface area contributed by atoms with Crippen molar-refractivity contribution in [2.75, 3.05) is 64.3 Å². The number of ether oxygens (including phenoxy) is 4. The van der Waals surface area contributed by atoms with Gasteiger partial charge in [-0.3, -0.25) is 19.4 Å². The Balaban J connectivity index is 1.12. The SMILES string of the molecule is C=C1C[C@H]2C=Nc3cc(OCCP(=O)(CCC)CCOc4cc5c(cc4OC)C(=O)N4CC(=C)C[C@H]4C(=O)N5)c(OC)cc3C(=O)N2C1.